The predicted octanol–water partition coefficient (Wildman–Crippen LogP) is 2.60. The van der Waals surface area contributed by atoms with Crippen LogP contribution in [0.2, 0.25) is 0 Å². The molecule has 0 aliphatic heterocycles. The summed E-state index contributed by atoms with van der Waals surface area (Å²) < 4.78 is 0. The second-order valence-corrected chi connectivity index (χ2v) is 4.45. The van der Waals surface area contributed by atoms with Gasteiger partial charge in [0.25, 0.3) is 0 Å². The third-order valence-electron chi connectivity index (χ3n) is 3.15. The van der Waals surface area contributed by atoms with Gasteiger partial charge in [0.05, 0.1) is 5.69 Å². The highest BCUT2D eigenvalue weighted by Gasteiger charge is 2.06. The molecule has 0 atom stereocenters. The van der Waals surface area contributed by atoms with Gasteiger partial charge in [-0.2, -0.15) is 0 Å². The predicted molar refractivity (Wildman–Crippen MR) is 74.7 cm³/mol. The van der Waals surface area contributed by atoms with Crippen LogP contribution >= 0.6 is 0 Å². The number of para-hydroxylation sites is 1. The normalized spacial score (nSPS) is 10.9. The lowest BCUT2D eigenvalue weighted by molar-refractivity contribution is 0.671. The van der Waals surface area contributed by atoms with Crippen LogP contribution in [0.15, 0.2) is 30.5 Å². The van der Waals surface area contributed by atoms with Crippen LogP contribution in [0.5, 0.6) is 0 Å². The summed E-state index contributed by atoms with van der Waals surface area (Å²) >= 11 is 0. The molecule has 0 unspecified atom stereocenters. The largest absolute Gasteiger partial charge is 0.373 e. The van der Waals surface area contributed by atoms with Crippen LogP contribution in [0.25, 0.3) is 10.9 Å². The number of H-pyrrole nitrogens is 1. The van der Waals surface area contributed by atoms with Gasteiger partial charge in [-0.25, -0.2) is 0 Å². The minimum absolute atomic E-state index is 1.10. The second kappa shape index (κ2) is 5.73. The Morgan fingerprint density at radius 1 is 1.24 bits per heavy atom. The molecular formula is C14H21N3. The van der Waals surface area contributed by atoms with Crippen LogP contribution in [-0.2, 0) is 0 Å². The lowest BCUT2D eigenvalue weighted by Gasteiger charge is -2.18. The van der Waals surface area contributed by atoms with Gasteiger partial charge in [0, 0.05) is 30.7 Å². The number of aromatic amines is 1. The third-order valence-corrected chi connectivity index (χ3v) is 3.15. The summed E-state index contributed by atoms with van der Waals surface area (Å²) in [6.45, 7) is 2.20. The highest BCUT2D eigenvalue weighted by Crippen LogP contribution is 2.25. The minimum Gasteiger partial charge on any atom is -0.373 e. The molecule has 0 bridgehead atoms. The van der Waals surface area contributed by atoms with E-state index in [1.165, 1.54) is 29.4 Å². The van der Waals surface area contributed by atoms with Crippen LogP contribution in [-0.4, -0.2) is 32.2 Å². The van der Waals surface area contributed by atoms with Crippen LogP contribution in [0.4, 0.5) is 5.69 Å². The molecule has 0 fully saturated rings. The average molecular weight is 231 g/mol. The Morgan fingerprint density at radius 2 is 2.06 bits per heavy atom. The maximum Gasteiger partial charge on any atom is 0.0621 e. The molecule has 2 aromatic rings. The van der Waals surface area contributed by atoms with E-state index in [1.54, 1.807) is 0 Å². The Balaban J connectivity index is 2.01. The average Bonchev–Trinajstić information content (AvgIpc) is 2.78. The highest BCUT2D eigenvalue weighted by atomic mass is 15.1. The monoisotopic (exact) mass is 231 g/mol. The Kier molecular flexibility index (Phi) is 4.04. The fourth-order valence-electron chi connectivity index (χ4n) is 2.14. The summed E-state index contributed by atoms with van der Waals surface area (Å²) in [5.41, 5.74) is 2.51. The number of hydrogen-bond donors (Lipinski definition) is 2. The number of hydrogen-bond acceptors (Lipinski definition) is 2. The summed E-state index contributed by atoms with van der Waals surface area (Å²) in [5.74, 6) is 0. The molecule has 17 heavy (non-hydrogen) atoms. The van der Waals surface area contributed by atoms with E-state index in [0.29, 0.717) is 0 Å². The van der Waals surface area contributed by atoms with E-state index in [-0.39, 0.29) is 0 Å². The molecule has 0 aliphatic carbocycles. The first-order valence-electron chi connectivity index (χ1n) is 6.25. The van der Waals surface area contributed by atoms with E-state index in [9.17, 15) is 0 Å². The number of rotatable bonds is 6. The van der Waals surface area contributed by atoms with Crippen LogP contribution in [0.1, 0.15) is 12.8 Å². The SMILES string of the molecule is CNCCCCN(C)c1c[nH]c2ccccc12. The Labute approximate surface area is 103 Å². The maximum absolute atomic E-state index is 3.32. The van der Waals surface area contributed by atoms with Crippen molar-refractivity contribution in [1.82, 2.24) is 10.3 Å². The number of unbranched alkanes of at least 4 members (excludes halogenated alkanes) is 1. The Morgan fingerprint density at radius 3 is 2.88 bits per heavy atom. The van der Waals surface area contributed by atoms with Crippen molar-refractivity contribution in [2.24, 2.45) is 0 Å². The molecule has 2 rings (SSSR count). The molecule has 1 heterocycles. The minimum atomic E-state index is 1.10. The molecule has 0 aliphatic rings. The number of aromatic nitrogens is 1. The molecule has 2 N–H and O–H groups in total. The first-order chi connectivity index (χ1) is 8.33. The van der Waals surface area contributed by atoms with E-state index in [2.05, 4.69) is 52.7 Å². The fraction of sp³-hybridized carbons (Fsp3) is 0.429. The zero-order valence-electron chi connectivity index (χ0n) is 10.7. The fourth-order valence-corrected chi connectivity index (χ4v) is 2.14. The number of anilines is 1. The third kappa shape index (κ3) is 2.80. The quantitative estimate of drug-likeness (QED) is 0.749. The Hall–Kier alpha value is -1.48. The van der Waals surface area contributed by atoms with E-state index in [0.717, 1.165) is 13.1 Å². The van der Waals surface area contributed by atoms with Gasteiger partial charge in [-0.05, 0) is 32.5 Å². The second-order valence-electron chi connectivity index (χ2n) is 4.45. The van der Waals surface area contributed by atoms with Crippen molar-refractivity contribution in [3.63, 3.8) is 0 Å². The summed E-state index contributed by atoms with van der Waals surface area (Å²) in [4.78, 5) is 5.64. The molecule has 3 nitrogen and oxygen atoms in total. The number of nitrogens with zero attached hydrogens (tertiary/aromatic N) is 1. The van der Waals surface area contributed by atoms with Gasteiger partial charge in [0.2, 0.25) is 0 Å². The molecule has 0 spiro atoms. The molecule has 0 saturated heterocycles. The van der Waals surface area contributed by atoms with Crippen molar-refractivity contribution >= 4 is 16.6 Å². The van der Waals surface area contributed by atoms with Crippen molar-refractivity contribution in [3.05, 3.63) is 30.5 Å². The van der Waals surface area contributed by atoms with Gasteiger partial charge in [-0.15, -0.1) is 0 Å². The van der Waals surface area contributed by atoms with Crippen LogP contribution in [0, 0.1) is 0 Å². The van der Waals surface area contributed by atoms with E-state index < -0.39 is 0 Å². The van der Waals surface area contributed by atoms with E-state index in [1.807, 2.05) is 7.05 Å². The van der Waals surface area contributed by atoms with Crippen molar-refractivity contribution in [2.75, 3.05) is 32.1 Å². The van der Waals surface area contributed by atoms with Crippen molar-refractivity contribution in [1.29, 1.82) is 0 Å². The molecule has 1 aromatic heterocycles. The van der Waals surface area contributed by atoms with Crippen molar-refractivity contribution in [3.8, 4) is 0 Å². The molecule has 3 heteroatoms. The first-order valence-corrected chi connectivity index (χ1v) is 6.25. The summed E-state index contributed by atoms with van der Waals surface area (Å²) in [5, 5.41) is 4.49. The summed E-state index contributed by atoms with van der Waals surface area (Å²) in [7, 11) is 4.17. The van der Waals surface area contributed by atoms with Crippen molar-refractivity contribution < 1.29 is 0 Å². The van der Waals surface area contributed by atoms with Gasteiger partial charge in [0.15, 0.2) is 0 Å². The first kappa shape index (κ1) is 12.0. The van der Waals surface area contributed by atoms with Gasteiger partial charge in [-0.1, -0.05) is 18.2 Å². The molecule has 0 saturated carbocycles. The topological polar surface area (TPSA) is 31.1 Å². The smallest absolute Gasteiger partial charge is 0.0621 e. The molecule has 1 aromatic carbocycles. The maximum atomic E-state index is 3.32. The standard InChI is InChI=1S/C14H21N3/c1-15-9-5-6-10-17(2)14-11-16-13-8-4-3-7-12(13)14/h3-4,7-8,11,15-16H,5-6,9-10H2,1-2H3. The zero-order chi connectivity index (χ0) is 12.1. The summed E-state index contributed by atoms with van der Waals surface area (Å²) in [6, 6.07) is 8.45. The highest BCUT2D eigenvalue weighted by molar-refractivity contribution is 5.92. The lowest BCUT2D eigenvalue weighted by Crippen LogP contribution is -2.19. The molecular weight excluding hydrogens is 210 g/mol. The molecule has 0 amide bonds. The van der Waals surface area contributed by atoms with Gasteiger partial charge in [0.1, 0.15) is 0 Å². The van der Waals surface area contributed by atoms with Gasteiger partial charge < -0.3 is 15.2 Å². The number of benzene rings is 1. The van der Waals surface area contributed by atoms with Gasteiger partial charge in [-0.3, -0.25) is 0 Å². The summed E-state index contributed by atoms with van der Waals surface area (Å²) in [6.07, 6.45) is 4.54. The van der Waals surface area contributed by atoms with E-state index >= 15 is 0 Å². The van der Waals surface area contributed by atoms with Crippen LogP contribution in [0.3, 0.4) is 0 Å². The van der Waals surface area contributed by atoms with E-state index in [4.69, 9.17) is 0 Å². The molecule has 0 radical (unpaired) electrons. The Bertz CT molecular complexity index is 461. The number of nitrogens with one attached hydrogen (secondary N) is 2. The lowest BCUT2D eigenvalue weighted by atomic mass is 10.2. The van der Waals surface area contributed by atoms with Crippen LogP contribution < -0.4 is 10.2 Å². The molecule has 92 valence electrons. The van der Waals surface area contributed by atoms with Gasteiger partial charge >= 0.3 is 0 Å². The number of fused-ring (bicyclic) bond motifs is 1. The zero-order valence-corrected chi connectivity index (χ0v) is 10.7. The van der Waals surface area contributed by atoms with Crippen molar-refractivity contribution in [2.45, 2.75) is 12.8 Å².